The number of nitrogens with one attached hydrogen (secondary N) is 1. The first-order valence-corrected chi connectivity index (χ1v) is 7.66. The fourth-order valence-electron chi connectivity index (χ4n) is 2.89. The molecule has 2 aliphatic heterocycles. The normalized spacial score (nSPS) is 25.9. The molecule has 0 aromatic heterocycles. The summed E-state index contributed by atoms with van der Waals surface area (Å²) < 4.78 is 5.72. The fourth-order valence-corrected chi connectivity index (χ4v) is 2.89. The molecular formula is C14H27N3O2. The van der Waals surface area contributed by atoms with Gasteiger partial charge in [0.15, 0.2) is 0 Å². The summed E-state index contributed by atoms with van der Waals surface area (Å²) in [6.45, 7) is 3.09. The number of carbonyl (C=O) groups excluding carboxylic acids is 1. The summed E-state index contributed by atoms with van der Waals surface area (Å²) in [5.41, 5.74) is 5.78. The number of hydrogen-bond acceptors (Lipinski definition) is 3. The van der Waals surface area contributed by atoms with E-state index >= 15 is 0 Å². The molecule has 2 heterocycles. The van der Waals surface area contributed by atoms with Gasteiger partial charge in [-0.15, -0.1) is 0 Å². The summed E-state index contributed by atoms with van der Waals surface area (Å²) in [7, 11) is 0. The second kappa shape index (κ2) is 7.70. The average molecular weight is 269 g/mol. The Morgan fingerprint density at radius 2 is 2.05 bits per heavy atom. The maximum absolute atomic E-state index is 12.1. The van der Waals surface area contributed by atoms with Crippen molar-refractivity contribution in [1.29, 1.82) is 0 Å². The lowest BCUT2D eigenvalue weighted by atomic mass is 10.0. The largest absolute Gasteiger partial charge is 0.378 e. The summed E-state index contributed by atoms with van der Waals surface area (Å²) in [5, 5.41) is 3.07. The summed E-state index contributed by atoms with van der Waals surface area (Å²) in [6.07, 6.45) is 8.06. The molecule has 2 amide bonds. The van der Waals surface area contributed by atoms with Crippen molar-refractivity contribution in [2.45, 2.75) is 57.1 Å². The average Bonchev–Trinajstić information content (AvgIpc) is 2.48. The molecule has 0 radical (unpaired) electrons. The minimum Gasteiger partial charge on any atom is -0.378 e. The first-order chi connectivity index (χ1) is 9.29. The highest BCUT2D eigenvalue weighted by molar-refractivity contribution is 5.74. The van der Waals surface area contributed by atoms with Crippen LogP contribution >= 0.6 is 0 Å². The van der Waals surface area contributed by atoms with Crippen molar-refractivity contribution < 1.29 is 9.53 Å². The molecular weight excluding hydrogens is 242 g/mol. The molecule has 2 unspecified atom stereocenters. The Morgan fingerprint density at radius 1 is 1.26 bits per heavy atom. The van der Waals surface area contributed by atoms with Crippen LogP contribution in [0, 0.1) is 0 Å². The highest BCUT2D eigenvalue weighted by Gasteiger charge is 2.23. The molecule has 0 spiro atoms. The fraction of sp³-hybridized carbons (Fsp3) is 0.929. The summed E-state index contributed by atoms with van der Waals surface area (Å²) in [6, 6.07) is 0.0866. The van der Waals surface area contributed by atoms with E-state index in [-0.39, 0.29) is 18.2 Å². The third-order valence-electron chi connectivity index (χ3n) is 4.08. The summed E-state index contributed by atoms with van der Waals surface area (Å²) >= 11 is 0. The monoisotopic (exact) mass is 269 g/mol. The predicted octanol–water partition coefficient (Wildman–Crippen LogP) is 1.47. The number of likely N-dealkylation sites (tertiary alicyclic amines) is 1. The molecule has 3 N–H and O–H groups in total. The Balaban J connectivity index is 1.75. The van der Waals surface area contributed by atoms with Gasteiger partial charge in [-0.3, -0.25) is 0 Å². The number of carbonyl (C=O) groups is 1. The van der Waals surface area contributed by atoms with Gasteiger partial charge < -0.3 is 20.7 Å². The smallest absolute Gasteiger partial charge is 0.317 e. The molecule has 2 rings (SSSR count). The summed E-state index contributed by atoms with van der Waals surface area (Å²) in [5.74, 6) is 0. The van der Waals surface area contributed by atoms with Crippen molar-refractivity contribution in [3.63, 3.8) is 0 Å². The van der Waals surface area contributed by atoms with Gasteiger partial charge in [0.05, 0.1) is 6.10 Å². The van der Waals surface area contributed by atoms with E-state index in [4.69, 9.17) is 10.5 Å². The quantitative estimate of drug-likeness (QED) is 0.812. The second-order valence-electron chi connectivity index (χ2n) is 5.65. The summed E-state index contributed by atoms with van der Waals surface area (Å²) in [4.78, 5) is 14.0. The molecule has 0 aromatic rings. The van der Waals surface area contributed by atoms with Gasteiger partial charge in [0.2, 0.25) is 0 Å². The lowest BCUT2D eigenvalue weighted by Gasteiger charge is -2.31. The van der Waals surface area contributed by atoms with Crippen LogP contribution in [0.2, 0.25) is 0 Å². The number of nitrogens with zero attached hydrogens (tertiary/aromatic N) is 1. The minimum atomic E-state index is 0.0394. The van der Waals surface area contributed by atoms with Gasteiger partial charge in [0.25, 0.3) is 0 Å². The Bertz CT molecular complexity index is 274. The molecule has 2 aliphatic rings. The van der Waals surface area contributed by atoms with Gasteiger partial charge in [0.1, 0.15) is 0 Å². The molecule has 5 heteroatoms. The number of rotatable bonds is 4. The molecule has 0 saturated carbocycles. The van der Waals surface area contributed by atoms with Crippen molar-refractivity contribution in [3.05, 3.63) is 0 Å². The molecule has 5 nitrogen and oxygen atoms in total. The number of nitrogens with two attached hydrogens (primary N) is 1. The maximum Gasteiger partial charge on any atom is 0.317 e. The molecule has 19 heavy (non-hydrogen) atoms. The standard InChI is InChI=1S/C14H27N3O2/c15-11-12(10-13-6-2-5-9-19-13)16-14(18)17-7-3-1-4-8-17/h12-13H,1-11,15H2,(H,16,18). The van der Waals surface area contributed by atoms with Crippen LogP contribution in [-0.4, -0.2) is 49.3 Å². The highest BCUT2D eigenvalue weighted by atomic mass is 16.5. The van der Waals surface area contributed by atoms with Gasteiger partial charge in [0, 0.05) is 32.3 Å². The molecule has 110 valence electrons. The Kier molecular flexibility index (Phi) is 5.92. The van der Waals surface area contributed by atoms with Crippen LogP contribution in [0.15, 0.2) is 0 Å². The van der Waals surface area contributed by atoms with Crippen molar-refractivity contribution in [2.24, 2.45) is 5.73 Å². The van der Waals surface area contributed by atoms with Crippen molar-refractivity contribution in [3.8, 4) is 0 Å². The zero-order valence-corrected chi connectivity index (χ0v) is 11.8. The van der Waals surface area contributed by atoms with Gasteiger partial charge in [-0.2, -0.15) is 0 Å². The first-order valence-electron chi connectivity index (χ1n) is 7.66. The topological polar surface area (TPSA) is 67.6 Å². The lowest BCUT2D eigenvalue weighted by molar-refractivity contribution is 0.00611. The van der Waals surface area contributed by atoms with Gasteiger partial charge in [-0.05, 0) is 44.9 Å². The Labute approximate surface area is 115 Å². The van der Waals surface area contributed by atoms with E-state index < -0.39 is 0 Å². The van der Waals surface area contributed by atoms with Gasteiger partial charge >= 0.3 is 6.03 Å². The van der Waals surface area contributed by atoms with E-state index in [9.17, 15) is 4.79 Å². The number of amides is 2. The van der Waals surface area contributed by atoms with E-state index in [0.717, 1.165) is 51.8 Å². The molecule has 0 aromatic carbocycles. The second-order valence-corrected chi connectivity index (χ2v) is 5.65. The van der Waals surface area contributed by atoms with Crippen molar-refractivity contribution in [1.82, 2.24) is 10.2 Å². The van der Waals surface area contributed by atoms with Crippen LogP contribution in [0.25, 0.3) is 0 Å². The zero-order chi connectivity index (χ0) is 13.5. The molecule has 2 atom stereocenters. The van der Waals surface area contributed by atoms with E-state index in [1.165, 1.54) is 12.8 Å². The van der Waals surface area contributed by atoms with Crippen LogP contribution in [0.3, 0.4) is 0 Å². The van der Waals surface area contributed by atoms with E-state index in [1.807, 2.05) is 4.90 Å². The van der Waals surface area contributed by atoms with Crippen LogP contribution in [0.5, 0.6) is 0 Å². The third kappa shape index (κ3) is 4.66. The van der Waals surface area contributed by atoms with Crippen LogP contribution in [0.4, 0.5) is 4.79 Å². The number of piperidine rings is 1. The zero-order valence-electron chi connectivity index (χ0n) is 11.8. The van der Waals surface area contributed by atoms with E-state index in [1.54, 1.807) is 0 Å². The van der Waals surface area contributed by atoms with Crippen LogP contribution in [0.1, 0.15) is 44.9 Å². The third-order valence-corrected chi connectivity index (χ3v) is 4.08. The Morgan fingerprint density at radius 3 is 2.68 bits per heavy atom. The lowest BCUT2D eigenvalue weighted by Crippen LogP contribution is -2.50. The van der Waals surface area contributed by atoms with E-state index in [2.05, 4.69) is 5.32 Å². The van der Waals surface area contributed by atoms with Crippen molar-refractivity contribution in [2.75, 3.05) is 26.2 Å². The van der Waals surface area contributed by atoms with Gasteiger partial charge in [-0.25, -0.2) is 4.79 Å². The highest BCUT2D eigenvalue weighted by Crippen LogP contribution is 2.17. The number of hydrogen-bond donors (Lipinski definition) is 2. The minimum absolute atomic E-state index is 0.0394. The number of ether oxygens (including phenoxy) is 1. The molecule has 0 bridgehead atoms. The SMILES string of the molecule is NCC(CC1CCCCO1)NC(=O)N1CCCCC1. The maximum atomic E-state index is 12.1. The van der Waals surface area contributed by atoms with Crippen LogP contribution < -0.4 is 11.1 Å². The van der Waals surface area contributed by atoms with Crippen molar-refractivity contribution >= 4 is 6.03 Å². The molecule has 2 fully saturated rings. The van der Waals surface area contributed by atoms with Crippen LogP contribution in [-0.2, 0) is 4.74 Å². The van der Waals surface area contributed by atoms with Gasteiger partial charge in [-0.1, -0.05) is 0 Å². The predicted molar refractivity (Wildman–Crippen MR) is 75.0 cm³/mol. The van der Waals surface area contributed by atoms with E-state index in [0.29, 0.717) is 6.54 Å². The number of urea groups is 1. The first kappa shape index (κ1) is 14.6. The Hall–Kier alpha value is -0.810. The molecule has 2 saturated heterocycles. The molecule has 0 aliphatic carbocycles.